The van der Waals surface area contributed by atoms with Crippen LogP contribution in [-0.2, 0) is 7.05 Å². The van der Waals surface area contributed by atoms with Crippen molar-refractivity contribution < 1.29 is 0 Å². The molecule has 0 radical (unpaired) electrons. The number of imidazole rings is 2. The Bertz CT molecular complexity index is 1760. The number of hydrogen-bond acceptors (Lipinski definition) is 1. The lowest BCUT2D eigenvalue weighted by molar-refractivity contribution is 0.998. The fourth-order valence-electron chi connectivity index (χ4n) is 4.98. The van der Waals surface area contributed by atoms with Gasteiger partial charge in [-0.05, 0) is 36.4 Å². The SMILES string of the molecule is Cn1c2ccccc2c2cccc(-n3c4ccccc4n4c5ccccc5nc34)c21. The number of nitrogens with zero attached hydrogens (tertiary/aromatic N) is 4. The zero-order valence-corrected chi connectivity index (χ0v) is 16.4. The maximum absolute atomic E-state index is 5.04. The van der Waals surface area contributed by atoms with Crippen LogP contribution in [0.4, 0.5) is 0 Å². The molecule has 0 unspecified atom stereocenters. The number of para-hydroxylation sites is 6. The first-order valence-corrected chi connectivity index (χ1v) is 10.2. The second kappa shape index (κ2) is 5.51. The molecule has 0 aliphatic rings. The van der Waals surface area contributed by atoms with E-state index in [1.807, 2.05) is 6.07 Å². The molecule has 0 aliphatic carbocycles. The zero-order valence-electron chi connectivity index (χ0n) is 16.4. The Labute approximate surface area is 172 Å². The summed E-state index contributed by atoms with van der Waals surface area (Å²) in [5, 5.41) is 2.54. The van der Waals surface area contributed by atoms with E-state index in [9.17, 15) is 0 Å². The third-order valence-electron chi connectivity index (χ3n) is 6.25. The van der Waals surface area contributed by atoms with Gasteiger partial charge in [0, 0.05) is 23.3 Å². The van der Waals surface area contributed by atoms with Gasteiger partial charge < -0.3 is 4.57 Å². The van der Waals surface area contributed by atoms with Crippen LogP contribution in [0.15, 0.2) is 91.0 Å². The summed E-state index contributed by atoms with van der Waals surface area (Å²) < 4.78 is 6.87. The van der Waals surface area contributed by atoms with E-state index in [0.29, 0.717) is 0 Å². The Morgan fingerprint density at radius 1 is 0.600 bits per heavy atom. The molecule has 30 heavy (non-hydrogen) atoms. The van der Waals surface area contributed by atoms with Crippen LogP contribution in [0, 0.1) is 0 Å². The largest absolute Gasteiger partial charge is 0.342 e. The lowest BCUT2D eigenvalue weighted by Crippen LogP contribution is -1.99. The smallest absolute Gasteiger partial charge is 0.220 e. The van der Waals surface area contributed by atoms with E-state index >= 15 is 0 Å². The summed E-state index contributed by atoms with van der Waals surface area (Å²) in [6.45, 7) is 0. The number of rotatable bonds is 1. The second-order valence-corrected chi connectivity index (χ2v) is 7.81. The van der Waals surface area contributed by atoms with Gasteiger partial charge in [-0.2, -0.15) is 0 Å². The average molecular weight is 386 g/mol. The van der Waals surface area contributed by atoms with Crippen molar-refractivity contribution in [3.63, 3.8) is 0 Å². The highest BCUT2D eigenvalue weighted by Crippen LogP contribution is 2.35. The molecular formula is C26H18N4. The van der Waals surface area contributed by atoms with Crippen molar-refractivity contribution in [3.8, 4) is 5.69 Å². The highest BCUT2D eigenvalue weighted by molar-refractivity contribution is 6.11. The molecule has 4 aromatic carbocycles. The summed E-state index contributed by atoms with van der Waals surface area (Å²) in [6.07, 6.45) is 0. The Kier molecular flexibility index (Phi) is 2.91. The molecule has 7 aromatic rings. The van der Waals surface area contributed by atoms with Gasteiger partial charge in [-0.25, -0.2) is 4.98 Å². The maximum Gasteiger partial charge on any atom is 0.220 e. The van der Waals surface area contributed by atoms with Crippen molar-refractivity contribution in [2.75, 3.05) is 0 Å². The van der Waals surface area contributed by atoms with Gasteiger partial charge in [-0.1, -0.05) is 54.6 Å². The summed E-state index contributed by atoms with van der Waals surface area (Å²) in [5.41, 5.74) is 8.06. The van der Waals surface area contributed by atoms with Crippen LogP contribution in [0.1, 0.15) is 0 Å². The molecule has 7 rings (SSSR count). The van der Waals surface area contributed by atoms with Gasteiger partial charge in [0.15, 0.2) is 0 Å². The van der Waals surface area contributed by atoms with Crippen LogP contribution in [0.3, 0.4) is 0 Å². The Morgan fingerprint density at radius 2 is 1.27 bits per heavy atom. The molecule has 0 saturated heterocycles. The molecule has 0 fully saturated rings. The molecule has 0 N–H and O–H groups in total. The monoisotopic (exact) mass is 386 g/mol. The van der Waals surface area contributed by atoms with Crippen molar-refractivity contribution in [1.82, 2.24) is 18.5 Å². The average Bonchev–Trinajstić information content (AvgIpc) is 3.42. The van der Waals surface area contributed by atoms with Gasteiger partial charge in [0.1, 0.15) is 0 Å². The van der Waals surface area contributed by atoms with E-state index in [0.717, 1.165) is 33.5 Å². The Hall–Kier alpha value is -4.05. The summed E-state index contributed by atoms with van der Waals surface area (Å²) in [4.78, 5) is 5.04. The van der Waals surface area contributed by atoms with Gasteiger partial charge in [-0.15, -0.1) is 0 Å². The Balaban J connectivity index is 1.74. The van der Waals surface area contributed by atoms with Crippen molar-refractivity contribution in [2.24, 2.45) is 7.05 Å². The zero-order chi connectivity index (χ0) is 19.8. The normalized spacial score (nSPS) is 12.2. The molecule has 3 heterocycles. The minimum absolute atomic E-state index is 0.940. The van der Waals surface area contributed by atoms with Crippen molar-refractivity contribution >= 4 is 49.7 Å². The second-order valence-electron chi connectivity index (χ2n) is 7.81. The summed E-state index contributed by atoms with van der Waals surface area (Å²) in [5.74, 6) is 0.940. The molecule has 4 heteroatoms. The molecule has 0 saturated carbocycles. The summed E-state index contributed by atoms with van der Waals surface area (Å²) in [7, 11) is 2.15. The molecule has 0 amide bonds. The van der Waals surface area contributed by atoms with Crippen LogP contribution >= 0.6 is 0 Å². The minimum atomic E-state index is 0.940. The molecule has 0 bridgehead atoms. The molecular weight excluding hydrogens is 368 g/mol. The van der Waals surface area contributed by atoms with Crippen LogP contribution < -0.4 is 0 Å². The van der Waals surface area contributed by atoms with Gasteiger partial charge in [-0.3, -0.25) is 8.97 Å². The minimum Gasteiger partial charge on any atom is -0.342 e. The molecule has 0 aliphatic heterocycles. The predicted octanol–water partition coefficient (Wildman–Crippen LogP) is 6.08. The highest BCUT2D eigenvalue weighted by atomic mass is 15.2. The first kappa shape index (κ1) is 15.8. The summed E-state index contributed by atoms with van der Waals surface area (Å²) in [6, 6.07) is 32.1. The van der Waals surface area contributed by atoms with E-state index in [1.54, 1.807) is 0 Å². The standard InChI is InChI=1S/C26H18N4/c1-28-20-12-4-2-9-17(20)18-10-8-16-24(25(18)28)30-23-15-7-6-14-22(23)29-21-13-5-3-11-19(21)27-26(29)30/h2-16H,1H3. The lowest BCUT2D eigenvalue weighted by Gasteiger charge is -2.09. The van der Waals surface area contributed by atoms with Gasteiger partial charge in [0.2, 0.25) is 5.78 Å². The van der Waals surface area contributed by atoms with Gasteiger partial charge >= 0.3 is 0 Å². The number of aromatic nitrogens is 4. The molecule has 142 valence electrons. The third kappa shape index (κ3) is 1.83. The van der Waals surface area contributed by atoms with Crippen molar-refractivity contribution in [2.45, 2.75) is 0 Å². The topological polar surface area (TPSA) is 27.2 Å². The number of aryl methyl sites for hydroxylation is 1. The van der Waals surface area contributed by atoms with Gasteiger partial charge in [0.25, 0.3) is 0 Å². The quantitative estimate of drug-likeness (QED) is 0.336. The van der Waals surface area contributed by atoms with Gasteiger partial charge in [0.05, 0.1) is 33.3 Å². The maximum atomic E-state index is 5.04. The molecule has 3 aromatic heterocycles. The van der Waals surface area contributed by atoms with E-state index < -0.39 is 0 Å². The molecule has 0 atom stereocenters. The first-order valence-electron chi connectivity index (χ1n) is 10.2. The highest BCUT2D eigenvalue weighted by Gasteiger charge is 2.20. The van der Waals surface area contributed by atoms with Crippen LogP contribution in [0.2, 0.25) is 0 Å². The van der Waals surface area contributed by atoms with Crippen LogP contribution in [0.5, 0.6) is 0 Å². The van der Waals surface area contributed by atoms with E-state index in [2.05, 4.69) is 106 Å². The first-order chi connectivity index (χ1) is 14.8. The van der Waals surface area contributed by atoms with Crippen LogP contribution in [0.25, 0.3) is 55.3 Å². The fraction of sp³-hybridized carbons (Fsp3) is 0.0385. The molecule has 0 spiro atoms. The van der Waals surface area contributed by atoms with Crippen molar-refractivity contribution in [3.05, 3.63) is 91.0 Å². The fourth-order valence-corrected chi connectivity index (χ4v) is 4.98. The number of fused-ring (bicyclic) bond motifs is 8. The lowest BCUT2D eigenvalue weighted by atomic mass is 10.1. The van der Waals surface area contributed by atoms with E-state index in [-0.39, 0.29) is 0 Å². The van der Waals surface area contributed by atoms with Crippen molar-refractivity contribution in [1.29, 1.82) is 0 Å². The van der Waals surface area contributed by atoms with E-state index in [4.69, 9.17) is 4.98 Å². The molecule has 4 nitrogen and oxygen atoms in total. The summed E-state index contributed by atoms with van der Waals surface area (Å²) >= 11 is 0. The number of hydrogen-bond donors (Lipinski definition) is 0. The predicted molar refractivity (Wildman–Crippen MR) is 124 cm³/mol. The third-order valence-corrected chi connectivity index (χ3v) is 6.25. The Morgan fingerprint density at radius 3 is 2.13 bits per heavy atom. The van der Waals surface area contributed by atoms with Crippen LogP contribution in [-0.4, -0.2) is 18.5 Å². The number of benzene rings is 4. The van der Waals surface area contributed by atoms with E-state index in [1.165, 1.54) is 21.8 Å².